The van der Waals surface area contributed by atoms with Gasteiger partial charge in [0.25, 0.3) is 5.91 Å². The van der Waals surface area contributed by atoms with Gasteiger partial charge < -0.3 is 14.7 Å². The summed E-state index contributed by atoms with van der Waals surface area (Å²) in [5.74, 6) is 0.376. The van der Waals surface area contributed by atoms with Crippen molar-refractivity contribution in [2.24, 2.45) is 11.8 Å². The number of carbonyl (C=O) groups excluding carboxylic acids is 3. The molecule has 8 nitrogen and oxygen atoms in total. The summed E-state index contributed by atoms with van der Waals surface area (Å²) in [6.45, 7) is 5.25. The molecule has 180 valence electrons. The number of piperazine rings is 1. The van der Waals surface area contributed by atoms with Crippen molar-refractivity contribution in [3.8, 4) is 6.07 Å². The fraction of sp³-hybridized carbons (Fsp3) is 0.615. The smallest absolute Gasteiger partial charge is 0.253 e. The van der Waals surface area contributed by atoms with Crippen LogP contribution in [0.5, 0.6) is 0 Å². The van der Waals surface area contributed by atoms with Gasteiger partial charge in [-0.25, -0.2) is 0 Å². The number of likely N-dealkylation sites (tertiary alicyclic amines) is 3. The van der Waals surface area contributed by atoms with Crippen LogP contribution in [-0.4, -0.2) is 88.7 Å². The Hall–Kier alpha value is -2.92. The van der Waals surface area contributed by atoms with E-state index in [0.29, 0.717) is 18.0 Å². The minimum absolute atomic E-state index is 0.0534. The minimum atomic E-state index is -0.290. The number of hydrogen-bond acceptors (Lipinski definition) is 5. The van der Waals surface area contributed by atoms with Gasteiger partial charge in [0.2, 0.25) is 11.8 Å². The monoisotopic (exact) mass is 463 g/mol. The molecule has 5 rings (SSSR count). The van der Waals surface area contributed by atoms with E-state index in [-0.39, 0.29) is 53.8 Å². The minimum Gasteiger partial charge on any atom is -0.345 e. The largest absolute Gasteiger partial charge is 0.345 e. The molecule has 7 atom stereocenters. The first-order chi connectivity index (χ1) is 16.2. The molecule has 1 aromatic rings. The lowest BCUT2D eigenvalue weighted by Crippen LogP contribution is -2.53. The van der Waals surface area contributed by atoms with Crippen molar-refractivity contribution in [3.05, 3.63) is 35.4 Å². The number of fused-ring (bicyclic) bond motifs is 3. The van der Waals surface area contributed by atoms with E-state index in [2.05, 4.69) is 11.0 Å². The van der Waals surface area contributed by atoms with Gasteiger partial charge in [-0.15, -0.1) is 0 Å². The van der Waals surface area contributed by atoms with Gasteiger partial charge in [0.05, 0.1) is 18.2 Å². The van der Waals surface area contributed by atoms with Crippen LogP contribution < -0.4 is 0 Å². The highest BCUT2D eigenvalue weighted by atomic mass is 16.2. The van der Waals surface area contributed by atoms with Crippen molar-refractivity contribution in [2.75, 3.05) is 27.2 Å². The topological polar surface area (TPSA) is 88.0 Å². The van der Waals surface area contributed by atoms with E-state index in [0.717, 1.165) is 31.4 Å². The molecule has 1 aromatic carbocycles. The third-order valence-corrected chi connectivity index (χ3v) is 8.19. The highest BCUT2D eigenvalue weighted by Crippen LogP contribution is 2.48. The Morgan fingerprint density at radius 1 is 1.21 bits per heavy atom. The number of nitriles is 1. The van der Waals surface area contributed by atoms with E-state index in [1.54, 1.807) is 25.1 Å². The van der Waals surface area contributed by atoms with Crippen LogP contribution in [0.3, 0.4) is 0 Å². The van der Waals surface area contributed by atoms with Gasteiger partial charge in [0, 0.05) is 50.7 Å². The molecule has 0 aromatic heterocycles. The van der Waals surface area contributed by atoms with Crippen LogP contribution in [0.25, 0.3) is 0 Å². The van der Waals surface area contributed by atoms with E-state index in [4.69, 9.17) is 0 Å². The predicted octanol–water partition coefficient (Wildman–Crippen LogP) is 1.88. The summed E-state index contributed by atoms with van der Waals surface area (Å²) in [6.07, 6.45) is 2.61. The lowest BCUT2D eigenvalue weighted by Gasteiger charge is -2.38. The van der Waals surface area contributed by atoms with E-state index < -0.39 is 0 Å². The number of benzene rings is 1. The molecular formula is C26H33N5O3. The first kappa shape index (κ1) is 22.9. The molecule has 1 aliphatic carbocycles. The zero-order valence-corrected chi connectivity index (χ0v) is 20.3. The Morgan fingerprint density at radius 2 is 1.97 bits per heavy atom. The highest BCUT2D eigenvalue weighted by molar-refractivity contribution is 5.94. The molecule has 0 spiro atoms. The zero-order chi connectivity index (χ0) is 24.3. The Bertz CT molecular complexity index is 1060. The Balaban J connectivity index is 1.24. The third-order valence-electron chi connectivity index (χ3n) is 8.19. The molecule has 4 fully saturated rings. The van der Waals surface area contributed by atoms with Gasteiger partial charge in [-0.1, -0.05) is 19.1 Å². The molecule has 3 amide bonds. The molecule has 2 bridgehead atoms. The van der Waals surface area contributed by atoms with Gasteiger partial charge in [0.15, 0.2) is 0 Å². The van der Waals surface area contributed by atoms with Crippen LogP contribution in [0.4, 0.5) is 0 Å². The standard InChI is InChI=1S/C26H33N5O3/c1-15(24(32)31-20(12-27)9-19-10-22(19)31)13-29-14-21-11-23(29)26(34)30(21)16(2)17-6-5-7-18(8-17)25(33)28(3)4/h5-8,15-16,19-23H,9-11,13-14H2,1-4H3/t15-,16-,19+,20-,21+,22?,23+/m0/s1. The van der Waals surface area contributed by atoms with Gasteiger partial charge in [-0.05, 0) is 49.8 Å². The number of hydrogen-bond donors (Lipinski definition) is 0. The SMILES string of the molecule is C[C@@H](CN1C[C@H]2C[C@@H]1C(=O)N2[C@@H](C)c1cccc(C(=O)N(C)C)c1)C(=O)N1C2C[C@H]2C[C@H]1C#N. The molecule has 3 saturated heterocycles. The number of amides is 3. The molecule has 0 radical (unpaired) electrons. The molecule has 3 aliphatic heterocycles. The summed E-state index contributed by atoms with van der Waals surface area (Å²) in [5.41, 5.74) is 1.58. The zero-order valence-electron chi connectivity index (χ0n) is 20.3. The van der Waals surface area contributed by atoms with Crippen LogP contribution in [0.15, 0.2) is 24.3 Å². The van der Waals surface area contributed by atoms with Gasteiger partial charge in [-0.2, -0.15) is 5.26 Å². The normalized spacial score (nSPS) is 31.3. The van der Waals surface area contributed by atoms with E-state index in [1.807, 2.05) is 41.8 Å². The summed E-state index contributed by atoms with van der Waals surface area (Å²) in [5, 5.41) is 9.43. The first-order valence-electron chi connectivity index (χ1n) is 12.3. The van der Waals surface area contributed by atoms with Crippen molar-refractivity contribution in [1.29, 1.82) is 5.26 Å². The molecule has 0 N–H and O–H groups in total. The van der Waals surface area contributed by atoms with Crippen LogP contribution in [0, 0.1) is 23.2 Å². The van der Waals surface area contributed by atoms with Crippen LogP contribution in [0.1, 0.15) is 55.1 Å². The van der Waals surface area contributed by atoms with Crippen LogP contribution >= 0.6 is 0 Å². The molecular weight excluding hydrogens is 430 g/mol. The van der Waals surface area contributed by atoms with Crippen molar-refractivity contribution < 1.29 is 14.4 Å². The Labute approximate surface area is 201 Å². The average Bonchev–Trinajstić information content (AvgIpc) is 3.15. The third kappa shape index (κ3) is 3.67. The van der Waals surface area contributed by atoms with E-state index in [9.17, 15) is 19.6 Å². The van der Waals surface area contributed by atoms with Crippen LogP contribution in [-0.2, 0) is 9.59 Å². The molecule has 34 heavy (non-hydrogen) atoms. The number of nitrogens with zero attached hydrogens (tertiary/aromatic N) is 5. The van der Waals surface area contributed by atoms with E-state index in [1.165, 1.54) is 0 Å². The number of piperidine rings is 1. The number of carbonyl (C=O) groups is 3. The predicted molar refractivity (Wildman–Crippen MR) is 125 cm³/mol. The fourth-order valence-corrected chi connectivity index (χ4v) is 6.32. The molecule has 1 saturated carbocycles. The average molecular weight is 464 g/mol. The quantitative estimate of drug-likeness (QED) is 0.643. The molecule has 4 aliphatic rings. The summed E-state index contributed by atoms with van der Waals surface area (Å²) in [6, 6.07) is 9.58. The lowest BCUT2D eigenvalue weighted by atomic mass is 10.0. The maximum atomic E-state index is 13.4. The summed E-state index contributed by atoms with van der Waals surface area (Å²) in [7, 11) is 3.46. The van der Waals surface area contributed by atoms with E-state index >= 15 is 0 Å². The second-order valence-corrected chi connectivity index (χ2v) is 10.7. The summed E-state index contributed by atoms with van der Waals surface area (Å²) < 4.78 is 0. The second kappa shape index (κ2) is 8.38. The van der Waals surface area contributed by atoms with Crippen molar-refractivity contribution in [2.45, 2.75) is 63.3 Å². The maximum absolute atomic E-state index is 13.4. The highest BCUT2D eigenvalue weighted by Gasteiger charge is 2.55. The summed E-state index contributed by atoms with van der Waals surface area (Å²) >= 11 is 0. The van der Waals surface area contributed by atoms with Gasteiger partial charge in [-0.3, -0.25) is 19.3 Å². The molecule has 3 heterocycles. The second-order valence-electron chi connectivity index (χ2n) is 10.7. The molecule has 1 unspecified atom stereocenters. The Kier molecular flexibility index (Phi) is 5.64. The fourth-order valence-electron chi connectivity index (χ4n) is 6.32. The first-order valence-corrected chi connectivity index (χ1v) is 12.3. The molecule has 8 heteroatoms. The van der Waals surface area contributed by atoms with Crippen LogP contribution in [0.2, 0.25) is 0 Å². The number of rotatable bonds is 6. The summed E-state index contributed by atoms with van der Waals surface area (Å²) in [4.78, 5) is 46.4. The van der Waals surface area contributed by atoms with Crippen molar-refractivity contribution >= 4 is 17.7 Å². The maximum Gasteiger partial charge on any atom is 0.253 e. The van der Waals surface area contributed by atoms with Gasteiger partial charge >= 0.3 is 0 Å². The van der Waals surface area contributed by atoms with Crippen molar-refractivity contribution in [3.63, 3.8) is 0 Å². The Morgan fingerprint density at radius 3 is 2.65 bits per heavy atom. The lowest BCUT2D eigenvalue weighted by molar-refractivity contribution is -0.142. The van der Waals surface area contributed by atoms with Gasteiger partial charge in [0.1, 0.15) is 6.04 Å². The van der Waals surface area contributed by atoms with Crippen molar-refractivity contribution in [1.82, 2.24) is 19.6 Å².